The number of nitrogens with zero attached hydrogens (tertiary/aromatic N) is 5. The van der Waals surface area contributed by atoms with E-state index in [1.807, 2.05) is 25.1 Å². The third-order valence-electron chi connectivity index (χ3n) is 6.04. The molecule has 1 aliphatic rings. The number of nitrogens with one attached hydrogen (secondary N) is 1. The van der Waals surface area contributed by atoms with Crippen molar-refractivity contribution in [3.8, 4) is 11.4 Å². The molecule has 4 heterocycles. The van der Waals surface area contributed by atoms with Gasteiger partial charge < -0.3 is 14.8 Å². The number of piperazine rings is 1. The molecule has 2 amide bonds. The van der Waals surface area contributed by atoms with Crippen molar-refractivity contribution < 1.29 is 14.4 Å². The zero-order chi connectivity index (χ0) is 23.7. The van der Waals surface area contributed by atoms with E-state index < -0.39 is 11.7 Å². The van der Waals surface area contributed by atoms with Gasteiger partial charge in [-0.2, -0.15) is 0 Å². The number of carbonyl (C=O) groups is 3. The molecule has 9 heteroatoms. The van der Waals surface area contributed by atoms with Gasteiger partial charge in [-0.25, -0.2) is 0 Å². The van der Waals surface area contributed by atoms with Crippen molar-refractivity contribution in [2.75, 3.05) is 19.6 Å². The van der Waals surface area contributed by atoms with Crippen LogP contribution in [-0.2, 0) is 4.79 Å². The number of H-pyrrole nitrogens is 1. The van der Waals surface area contributed by atoms with Crippen LogP contribution in [0.5, 0.6) is 0 Å². The Labute approximate surface area is 195 Å². The van der Waals surface area contributed by atoms with Gasteiger partial charge in [-0.15, -0.1) is 0 Å². The van der Waals surface area contributed by atoms with Crippen molar-refractivity contribution in [2.45, 2.75) is 13.0 Å². The Balaban J connectivity index is 1.35. The second-order valence-electron chi connectivity index (χ2n) is 8.17. The van der Waals surface area contributed by atoms with E-state index in [9.17, 15) is 14.4 Å². The smallest absolute Gasteiger partial charge is 0.295 e. The molecule has 1 N–H and O–H groups in total. The Morgan fingerprint density at radius 2 is 1.82 bits per heavy atom. The van der Waals surface area contributed by atoms with Gasteiger partial charge in [-0.05, 0) is 25.1 Å². The Bertz CT molecular complexity index is 1370. The van der Waals surface area contributed by atoms with Crippen LogP contribution in [-0.4, -0.2) is 73.0 Å². The standard InChI is InChI=1S/C25H22N6O3/c1-16-15-30(24(33)17-5-3-2-4-6-17)11-12-31(16)25(34)23(32)19-13-29-21-18(19)7-8-28-22(21)20-14-26-9-10-27-20/h2-10,13-14,16,29H,11-12,15H2,1H3. The highest BCUT2D eigenvalue weighted by molar-refractivity contribution is 6.45. The molecule has 1 saturated heterocycles. The Hall–Kier alpha value is -4.40. The highest BCUT2D eigenvalue weighted by Gasteiger charge is 2.34. The monoisotopic (exact) mass is 454 g/mol. The number of amides is 2. The van der Waals surface area contributed by atoms with E-state index in [-0.39, 0.29) is 17.5 Å². The summed E-state index contributed by atoms with van der Waals surface area (Å²) in [5, 5.41) is 0.597. The largest absolute Gasteiger partial charge is 0.359 e. The van der Waals surface area contributed by atoms with Crippen LogP contribution >= 0.6 is 0 Å². The van der Waals surface area contributed by atoms with Crippen LogP contribution in [0.4, 0.5) is 0 Å². The summed E-state index contributed by atoms with van der Waals surface area (Å²) in [6.07, 6.45) is 7.84. The van der Waals surface area contributed by atoms with E-state index >= 15 is 0 Å². The van der Waals surface area contributed by atoms with Gasteiger partial charge in [0.05, 0.1) is 17.3 Å². The molecule has 0 radical (unpaired) electrons. The molecule has 1 fully saturated rings. The number of pyridine rings is 1. The summed E-state index contributed by atoms with van der Waals surface area (Å²) in [5.41, 5.74) is 2.62. The third-order valence-corrected chi connectivity index (χ3v) is 6.04. The molecule has 170 valence electrons. The average Bonchev–Trinajstić information content (AvgIpc) is 3.33. The lowest BCUT2D eigenvalue weighted by Crippen LogP contribution is -2.56. The van der Waals surface area contributed by atoms with Gasteiger partial charge in [0.2, 0.25) is 0 Å². The number of benzene rings is 1. The molecule has 34 heavy (non-hydrogen) atoms. The van der Waals surface area contributed by atoms with Crippen molar-refractivity contribution in [3.63, 3.8) is 0 Å². The summed E-state index contributed by atoms with van der Waals surface area (Å²) < 4.78 is 0. The Morgan fingerprint density at radius 3 is 2.56 bits per heavy atom. The number of fused-ring (bicyclic) bond motifs is 1. The van der Waals surface area contributed by atoms with Crippen molar-refractivity contribution in [3.05, 3.63) is 78.5 Å². The van der Waals surface area contributed by atoms with Crippen LogP contribution < -0.4 is 0 Å². The van der Waals surface area contributed by atoms with E-state index in [0.29, 0.717) is 47.5 Å². The topological polar surface area (TPSA) is 112 Å². The number of rotatable bonds is 4. The van der Waals surface area contributed by atoms with Crippen LogP contribution in [0.2, 0.25) is 0 Å². The number of hydrogen-bond acceptors (Lipinski definition) is 6. The first-order valence-corrected chi connectivity index (χ1v) is 11.0. The van der Waals surface area contributed by atoms with E-state index in [1.54, 1.807) is 52.8 Å². The minimum atomic E-state index is -0.600. The highest BCUT2D eigenvalue weighted by atomic mass is 16.2. The summed E-state index contributed by atoms with van der Waals surface area (Å²) in [7, 11) is 0. The van der Waals surface area contributed by atoms with E-state index in [1.165, 1.54) is 6.20 Å². The molecule has 1 atom stereocenters. The predicted molar refractivity (Wildman–Crippen MR) is 125 cm³/mol. The molecular formula is C25H22N6O3. The number of Topliss-reactive ketones (excluding diaryl/α,β-unsaturated/α-hetero) is 1. The van der Waals surface area contributed by atoms with E-state index in [0.717, 1.165) is 0 Å². The summed E-state index contributed by atoms with van der Waals surface area (Å²) in [5.74, 6) is -1.26. The molecule has 1 aromatic carbocycles. The molecular weight excluding hydrogens is 432 g/mol. The first-order chi connectivity index (χ1) is 16.5. The number of aromatic amines is 1. The maximum atomic E-state index is 13.2. The fourth-order valence-electron chi connectivity index (χ4n) is 4.31. The van der Waals surface area contributed by atoms with Gasteiger partial charge in [0, 0.05) is 61.4 Å². The molecule has 0 aliphatic carbocycles. The van der Waals surface area contributed by atoms with Crippen molar-refractivity contribution in [1.29, 1.82) is 0 Å². The lowest BCUT2D eigenvalue weighted by Gasteiger charge is -2.39. The normalized spacial score (nSPS) is 16.0. The summed E-state index contributed by atoms with van der Waals surface area (Å²) in [6.45, 7) is 2.87. The van der Waals surface area contributed by atoms with Gasteiger partial charge in [-0.3, -0.25) is 29.3 Å². The second-order valence-corrected chi connectivity index (χ2v) is 8.17. The van der Waals surface area contributed by atoms with Crippen molar-refractivity contribution >= 4 is 28.5 Å². The minimum absolute atomic E-state index is 0.0773. The Kier molecular flexibility index (Phi) is 5.59. The minimum Gasteiger partial charge on any atom is -0.359 e. The predicted octanol–water partition coefficient (Wildman–Crippen LogP) is 2.58. The number of hydrogen-bond donors (Lipinski definition) is 1. The molecule has 0 bridgehead atoms. The maximum absolute atomic E-state index is 13.2. The maximum Gasteiger partial charge on any atom is 0.295 e. The molecule has 0 spiro atoms. The van der Waals surface area contributed by atoms with Crippen LogP contribution in [0.3, 0.4) is 0 Å². The molecule has 3 aromatic heterocycles. The quantitative estimate of drug-likeness (QED) is 0.375. The molecule has 0 saturated carbocycles. The van der Waals surface area contributed by atoms with Gasteiger partial charge >= 0.3 is 0 Å². The van der Waals surface area contributed by atoms with E-state index in [4.69, 9.17) is 0 Å². The zero-order valence-electron chi connectivity index (χ0n) is 18.5. The van der Waals surface area contributed by atoms with Crippen LogP contribution in [0.25, 0.3) is 22.3 Å². The summed E-state index contributed by atoms with van der Waals surface area (Å²) in [4.78, 5) is 58.2. The lowest BCUT2D eigenvalue weighted by molar-refractivity contribution is -0.130. The number of carbonyl (C=O) groups excluding carboxylic acids is 3. The summed E-state index contributed by atoms with van der Waals surface area (Å²) >= 11 is 0. The van der Waals surface area contributed by atoms with Crippen molar-refractivity contribution in [2.24, 2.45) is 0 Å². The van der Waals surface area contributed by atoms with Crippen LogP contribution in [0.1, 0.15) is 27.6 Å². The van der Waals surface area contributed by atoms with Crippen LogP contribution in [0.15, 0.2) is 67.4 Å². The molecule has 1 unspecified atom stereocenters. The van der Waals surface area contributed by atoms with Gasteiger partial charge in [0.25, 0.3) is 17.6 Å². The SMILES string of the molecule is CC1CN(C(=O)c2ccccc2)CCN1C(=O)C(=O)c1c[nH]c2c(-c3cnccn3)nccc12. The van der Waals surface area contributed by atoms with Crippen LogP contribution in [0, 0.1) is 0 Å². The molecule has 4 aromatic rings. The van der Waals surface area contributed by atoms with E-state index in [2.05, 4.69) is 19.9 Å². The summed E-state index contributed by atoms with van der Waals surface area (Å²) in [6, 6.07) is 10.5. The molecule has 1 aliphatic heterocycles. The zero-order valence-corrected chi connectivity index (χ0v) is 18.5. The highest BCUT2D eigenvalue weighted by Crippen LogP contribution is 2.27. The molecule has 9 nitrogen and oxygen atoms in total. The number of ketones is 1. The second kappa shape index (κ2) is 8.86. The van der Waals surface area contributed by atoms with Gasteiger partial charge in [0.15, 0.2) is 0 Å². The first-order valence-electron chi connectivity index (χ1n) is 11.0. The molecule has 5 rings (SSSR count). The first kappa shape index (κ1) is 21.4. The van der Waals surface area contributed by atoms with Gasteiger partial charge in [-0.1, -0.05) is 18.2 Å². The average molecular weight is 454 g/mol. The van der Waals surface area contributed by atoms with Crippen molar-refractivity contribution in [1.82, 2.24) is 29.7 Å². The number of aromatic nitrogens is 4. The third kappa shape index (κ3) is 3.81. The Morgan fingerprint density at radius 1 is 1.00 bits per heavy atom. The lowest BCUT2D eigenvalue weighted by atomic mass is 10.1. The van der Waals surface area contributed by atoms with Gasteiger partial charge in [0.1, 0.15) is 11.4 Å². The fraction of sp³-hybridized carbons (Fsp3) is 0.200. The fourth-order valence-corrected chi connectivity index (χ4v) is 4.31.